The van der Waals surface area contributed by atoms with Crippen molar-refractivity contribution in [1.29, 1.82) is 0 Å². The van der Waals surface area contributed by atoms with Gasteiger partial charge in [0, 0.05) is 4.47 Å². The largest absolute Gasteiger partial charge is 0.0502 e. The molecule has 0 aliphatic heterocycles. The lowest BCUT2D eigenvalue weighted by molar-refractivity contribution is 1.21. The van der Waals surface area contributed by atoms with Crippen LogP contribution in [-0.2, 0) is 0 Å². The zero-order chi connectivity index (χ0) is 8.59. The molecule has 0 atom stereocenters. The Morgan fingerprint density at radius 2 is 1.27 bits per heavy atom. The van der Waals surface area contributed by atoms with Crippen LogP contribution in [0.3, 0.4) is 0 Å². The normalized spacial score (nSPS) is 10.3. The summed E-state index contributed by atoms with van der Waals surface area (Å²) < 4.78 is 1.23. The first-order valence-electron chi connectivity index (χ1n) is 3.69. The fourth-order valence-electron chi connectivity index (χ4n) is 1.08. The summed E-state index contributed by atoms with van der Waals surface area (Å²) in [7, 11) is 0. The third kappa shape index (κ3) is 1.48. The number of halogens is 1. The maximum absolute atomic E-state index is 3.56. The standard InChI is InChI=1S/C10H12Br/c1-6-5-7(2)9(4)10(11)8(6)3/h1-4H3. The van der Waals surface area contributed by atoms with Gasteiger partial charge in [-0.25, -0.2) is 0 Å². The van der Waals surface area contributed by atoms with Crippen LogP contribution in [-0.4, -0.2) is 0 Å². The summed E-state index contributed by atoms with van der Waals surface area (Å²) in [4.78, 5) is 0. The van der Waals surface area contributed by atoms with Gasteiger partial charge in [0.05, 0.1) is 0 Å². The molecule has 59 valence electrons. The summed E-state index contributed by atoms with van der Waals surface area (Å²) in [5.74, 6) is 0. The van der Waals surface area contributed by atoms with Crippen molar-refractivity contribution < 1.29 is 0 Å². The zero-order valence-corrected chi connectivity index (χ0v) is 8.96. The summed E-state index contributed by atoms with van der Waals surface area (Å²) in [6, 6.07) is 3.32. The van der Waals surface area contributed by atoms with E-state index in [1.807, 2.05) is 0 Å². The van der Waals surface area contributed by atoms with Crippen molar-refractivity contribution >= 4 is 15.9 Å². The molecule has 0 bridgehead atoms. The van der Waals surface area contributed by atoms with E-state index in [9.17, 15) is 0 Å². The first-order chi connectivity index (χ1) is 5.04. The fourth-order valence-corrected chi connectivity index (χ4v) is 1.67. The highest BCUT2D eigenvalue weighted by Crippen LogP contribution is 2.25. The van der Waals surface area contributed by atoms with E-state index in [0.717, 1.165) is 0 Å². The number of benzene rings is 1. The van der Waals surface area contributed by atoms with Crippen molar-refractivity contribution in [3.05, 3.63) is 32.8 Å². The molecule has 0 unspecified atom stereocenters. The molecule has 0 amide bonds. The van der Waals surface area contributed by atoms with Gasteiger partial charge in [-0.15, -0.1) is 0 Å². The van der Waals surface area contributed by atoms with Gasteiger partial charge >= 0.3 is 0 Å². The van der Waals surface area contributed by atoms with Crippen LogP contribution in [0.15, 0.2) is 4.47 Å². The van der Waals surface area contributed by atoms with Crippen molar-refractivity contribution in [3.63, 3.8) is 0 Å². The van der Waals surface area contributed by atoms with Gasteiger partial charge in [-0.2, -0.15) is 0 Å². The molecule has 1 radical (unpaired) electrons. The lowest BCUT2D eigenvalue weighted by atomic mass is 10.0. The van der Waals surface area contributed by atoms with E-state index in [1.54, 1.807) is 0 Å². The molecular formula is C10H12Br. The minimum atomic E-state index is 1.23. The molecular weight excluding hydrogens is 200 g/mol. The maximum Gasteiger partial charge on any atom is 0.0239 e. The molecule has 11 heavy (non-hydrogen) atoms. The van der Waals surface area contributed by atoms with E-state index < -0.39 is 0 Å². The Hall–Kier alpha value is -0.300. The van der Waals surface area contributed by atoms with Crippen LogP contribution < -0.4 is 0 Å². The monoisotopic (exact) mass is 211 g/mol. The van der Waals surface area contributed by atoms with Gasteiger partial charge in [-0.1, -0.05) is 15.9 Å². The molecule has 1 heteroatoms. The average molecular weight is 212 g/mol. The van der Waals surface area contributed by atoms with Crippen LogP contribution in [0.1, 0.15) is 22.3 Å². The first kappa shape index (κ1) is 8.79. The highest BCUT2D eigenvalue weighted by Gasteiger charge is 2.04. The first-order valence-corrected chi connectivity index (χ1v) is 4.48. The topological polar surface area (TPSA) is 0 Å². The lowest BCUT2D eigenvalue weighted by Crippen LogP contribution is -1.90. The quantitative estimate of drug-likeness (QED) is 0.617. The fraction of sp³-hybridized carbons (Fsp3) is 0.400. The van der Waals surface area contributed by atoms with E-state index in [-0.39, 0.29) is 0 Å². The van der Waals surface area contributed by atoms with E-state index >= 15 is 0 Å². The van der Waals surface area contributed by atoms with Crippen molar-refractivity contribution in [2.24, 2.45) is 0 Å². The Balaban J connectivity index is 3.46. The Morgan fingerprint density at radius 1 is 0.909 bits per heavy atom. The van der Waals surface area contributed by atoms with Crippen molar-refractivity contribution in [1.82, 2.24) is 0 Å². The van der Waals surface area contributed by atoms with Crippen LogP contribution in [0.25, 0.3) is 0 Å². The molecule has 0 aliphatic rings. The second kappa shape index (κ2) is 2.98. The summed E-state index contributed by atoms with van der Waals surface area (Å²) in [6.45, 7) is 8.41. The molecule has 0 saturated heterocycles. The second-order valence-corrected chi connectivity index (χ2v) is 3.73. The molecule has 0 saturated carbocycles. The Morgan fingerprint density at radius 3 is 1.64 bits per heavy atom. The summed E-state index contributed by atoms with van der Waals surface area (Å²) >= 11 is 3.56. The van der Waals surface area contributed by atoms with Gasteiger partial charge in [0.15, 0.2) is 0 Å². The minimum Gasteiger partial charge on any atom is -0.0502 e. The van der Waals surface area contributed by atoms with Crippen LogP contribution in [0, 0.1) is 33.8 Å². The smallest absolute Gasteiger partial charge is 0.0239 e. The van der Waals surface area contributed by atoms with Gasteiger partial charge < -0.3 is 0 Å². The molecule has 0 spiro atoms. The highest BCUT2D eigenvalue weighted by molar-refractivity contribution is 9.10. The van der Waals surface area contributed by atoms with E-state index in [0.29, 0.717) is 0 Å². The predicted molar refractivity (Wildman–Crippen MR) is 51.9 cm³/mol. The molecule has 1 rings (SSSR count). The summed E-state index contributed by atoms with van der Waals surface area (Å²) in [5.41, 5.74) is 5.07. The van der Waals surface area contributed by atoms with Crippen molar-refractivity contribution in [2.45, 2.75) is 27.7 Å². The molecule has 0 heterocycles. The third-order valence-electron chi connectivity index (χ3n) is 2.16. The summed E-state index contributed by atoms with van der Waals surface area (Å²) in [5, 5.41) is 0. The zero-order valence-electron chi connectivity index (χ0n) is 7.38. The molecule has 0 fully saturated rings. The van der Waals surface area contributed by atoms with E-state index in [1.165, 1.54) is 26.7 Å². The van der Waals surface area contributed by atoms with E-state index in [4.69, 9.17) is 0 Å². The van der Waals surface area contributed by atoms with E-state index in [2.05, 4.69) is 49.7 Å². The van der Waals surface area contributed by atoms with Crippen LogP contribution in [0.2, 0.25) is 0 Å². The Kier molecular flexibility index (Phi) is 2.38. The third-order valence-corrected chi connectivity index (χ3v) is 3.35. The molecule has 1 aromatic carbocycles. The van der Waals surface area contributed by atoms with Crippen LogP contribution in [0.4, 0.5) is 0 Å². The second-order valence-electron chi connectivity index (χ2n) is 2.94. The Labute approximate surface area is 76.8 Å². The number of rotatable bonds is 0. The minimum absolute atomic E-state index is 1.23. The molecule has 0 aliphatic carbocycles. The lowest BCUT2D eigenvalue weighted by Gasteiger charge is -2.08. The van der Waals surface area contributed by atoms with Gasteiger partial charge in [0.1, 0.15) is 0 Å². The molecule has 0 N–H and O–H groups in total. The molecule has 0 nitrogen and oxygen atoms in total. The van der Waals surface area contributed by atoms with Crippen LogP contribution in [0.5, 0.6) is 0 Å². The maximum atomic E-state index is 3.56. The summed E-state index contributed by atoms with van der Waals surface area (Å²) in [6.07, 6.45) is 0. The molecule has 1 aromatic rings. The van der Waals surface area contributed by atoms with Gasteiger partial charge in [0.25, 0.3) is 0 Å². The predicted octanol–water partition coefficient (Wildman–Crippen LogP) is 3.48. The van der Waals surface area contributed by atoms with Gasteiger partial charge in [-0.05, 0) is 56.0 Å². The highest BCUT2D eigenvalue weighted by atomic mass is 79.9. The molecule has 0 aromatic heterocycles. The average Bonchev–Trinajstić information content (AvgIpc) is 1.97. The van der Waals surface area contributed by atoms with Crippen LogP contribution >= 0.6 is 15.9 Å². The van der Waals surface area contributed by atoms with Crippen molar-refractivity contribution in [3.8, 4) is 0 Å². The number of hydrogen-bond acceptors (Lipinski definition) is 0. The number of aryl methyl sites for hydroxylation is 2. The van der Waals surface area contributed by atoms with Gasteiger partial charge in [-0.3, -0.25) is 0 Å². The Bertz CT molecular complexity index is 261. The van der Waals surface area contributed by atoms with Gasteiger partial charge in [0.2, 0.25) is 0 Å². The number of hydrogen-bond donors (Lipinski definition) is 0. The SMILES string of the molecule is Cc1[c]c(C)c(C)c(Br)c1C. The van der Waals surface area contributed by atoms with Crippen molar-refractivity contribution in [2.75, 3.05) is 0 Å².